The van der Waals surface area contributed by atoms with Gasteiger partial charge in [0, 0.05) is 16.7 Å². The number of fused-ring (bicyclic) bond motifs is 3. The van der Waals surface area contributed by atoms with Crippen LogP contribution < -0.4 is 0 Å². The van der Waals surface area contributed by atoms with Crippen molar-refractivity contribution in [1.82, 2.24) is 0 Å². The number of hydrogen-bond donors (Lipinski definition) is 1. The van der Waals surface area contributed by atoms with Crippen molar-refractivity contribution in [3.8, 4) is 0 Å². The van der Waals surface area contributed by atoms with Crippen LogP contribution in [-0.4, -0.2) is 16.9 Å². The highest BCUT2D eigenvalue weighted by atomic mass is 19.4. The van der Waals surface area contributed by atoms with Crippen molar-refractivity contribution in [1.29, 1.82) is 0 Å². The summed E-state index contributed by atoms with van der Waals surface area (Å²) in [5.74, 6) is -2.04. The predicted octanol–water partition coefficient (Wildman–Crippen LogP) is 5.20. The van der Waals surface area contributed by atoms with Crippen molar-refractivity contribution in [2.75, 3.05) is 0 Å². The molecular formula is C23H11F3O3. The van der Waals surface area contributed by atoms with Gasteiger partial charge in [0.15, 0.2) is 0 Å². The van der Waals surface area contributed by atoms with E-state index < -0.39 is 23.5 Å². The number of carbonyl (C=O) groups is 2. The normalized spacial score (nSPS) is 15.5. The molecule has 29 heavy (non-hydrogen) atoms. The molecule has 0 aliphatic heterocycles. The van der Waals surface area contributed by atoms with Gasteiger partial charge in [-0.25, -0.2) is 4.79 Å². The molecule has 0 saturated heterocycles. The molecular weight excluding hydrogens is 381 g/mol. The SMILES string of the molecule is O=C(O)C1=C2C(=C(c3ccc(C(F)(F)F)cc3)C1=O)c1cccc3cccc2c13. The second kappa shape index (κ2) is 5.67. The molecule has 6 heteroatoms. The van der Waals surface area contributed by atoms with Crippen molar-refractivity contribution >= 4 is 39.2 Å². The number of carbonyl (C=O) groups excluding carboxylic acids is 1. The van der Waals surface area contributed by atoms with E-state index in [9.17, 15) is 27.9 Å². The number of benzene rings is 3. The number of hydrogen-bond acceptors (Lipinski definition) is 2. The smallest absolute Gasteiger partial charge is 0.416 e. The Morgan fingerprint density at radius 2 is 1.38 bits per heavy atom. The lowest BCUT2D eigenvalue weighted by Gasteiger charge is -2.10. The number of halogens is 3. The molecule has 3 nitrogen and oxygen atoms in total. The highest BCUT2D eigenvalue weighted by Gasteiger charge is 2.42. The molecule has 5 rings (SSSR count). The molecule has 0 fully saturated rings. The minimum Gasteiger partial charge on any atom is -0.478 e. The fourth-order valence-electron chi connectivity index (χ4n) is 4.20. The first-order valence-corrected chi connectivity index (χ1v) is 8.76. The van der Waals surface area contributed by atoms with E-state index in [2.05, 4.69) is 0 Å². The number of alkyl halides is 3. The van der Waals surface area contributed by atoms with Crippen molar-refractivity contribution < 1.29 is 27.9 Å². The molecule has 0 radical (unpaired) electrons. The number of allylic oxidation sites excluding steroid dienone is 3. The first-order chi connectivity index (χ1) is 13.8. The zero-order valence-corrected chi connectivity index (χ0v) is 14.7. The monoisotopic (exact) mass is 392 g/mol. The van der Waals surface area contributed by atoms with Gasteiger partial charge in [0.25, 0.3) is 0 Å². The Hall–Kier alpha value is -3.67. The molecule has 0 heterocycles. The van der Waals surface area contributed by atoms with Crippen LogP contribution in [0.4, 0.5) is 13.2 Å². The minimum atomic E-state index is -4.50. The van der Waals surface area contributed by atoms with Gasteiger partial charge in [-0.1, -0.05) is 48.5 Å². The molecule has 3 aromatic carbocycles. The molecule has 0 amide bonds. The number of rotatable bonds is 2. The molecule has 0 atom stereocenters. The van der Waals surface area contributed by atoms with Crippen LogP contribution in [0.3, 0.4) is 0 Å². The Morgan fingerprint density at radius 3 is 1.93 bits per heavy atom. The summed E-state index contributed by atoms with van der Waals surface area (Å²) in [7, 11) is 0. The second-order valence-corrected chi connectivity index (χ2v) is 6.92. The van der Waals surface area contributed by atoms with E-state index >= 15 is 0 Å². The highest BCUT2D eigenvalue weighted by Crippen LogP contribution is 2.54. The maximum atomic E-state index is 13.1. The van der Waals surface area contributed by atoms with E-state index in [1.807, 2.05) is 18.2 Å². The third-order valence-corrected chi connectivity index (χ3v) is 5.36. The van der Waals surface area contributed by atoms with Crippen LogP contribution in [0.1, 0.15) is 22.3 Å². The summed E-state index contributed by atoms with van der Waals surface area (Å²) >= 11 is 0. The first kappa shape index (κ1) is 17.4. The Balaban J connectivity index is 1.82. The van der Waals surface area contributed by atoms with Crippen LogP contribution in [-0.2, 0) is 15.8 Å². The predicted molar refractivity (Wildman–Crippen MR) is 102 cm³/mol. The molecule has 0 spiro atoms. The quantitative estimate of drug-likeness (QED) is 0.610. The average molecular weight is 392 g/mol. The summed E-state index contributed by atoms with van der Waals surface area (Å²) in [5.41, 5.74) is 1.38. The summed E-state index contributed by atoms with van der Waals surface area (Å²) in [4.78, 5) is 25.0. The maximum absolute atomic E-state index is 13.1. The zero-order valence-electron chi connectivity index (χ0n) is 14.7. The third-order valence-electron chi connectivity index (χ3n) is 5.36. The van der Waals surface area contributed by atoms with Crippen LogP contribution in [0.15, 0.2) is 66.2 Å². The molecule has 0 unspecified atom stereocenters. The summed E-state index contributed by atoms with van der Waals surface area (Å²) in [6.07, 6.45) is -4.50. The van der Waals surface area contributed by atoms with E-state index in [0.29, 0.717) is 22.3 Å². The average Bonchev–Trinajstić information content (AvgIpc) is 3.15. The Kier molecular flexibility index (Phi) is 3.41. The summed E-state index contributed by atoms with van der Waals surface area (Å²) in [5, 5.41) is 11.5. The largest absolute Gasteiger partial charge is 0.478 e. The standard InChI is InChI=1S/C23H11F3O3/c24-23(25,26)13-9-7-12(8-10-13)17-18-14-5-1-3-11-4-2-6-15(16(11)14)19(18)20(21(17)27)22(28)29/h1-10H,(H,28,29). The van der Waals surface area contributed by atoms with Gasteiger partial charge in [-0.05, 0) is 39.6 Å². The molecule has 2 aliphatic rings. The summed E-state index contributed by atoms with van der Waals surface area (Å²) < 4.78 is 38.8. The number of Topliss-reactive ketones (excluding diaryl/α,β-unsaturated/α-hetero) is 1. The Labute approximate surface area is 162 Å². The van der Waals surface area contributed by atoms with Crippen molar-refractivity contribution in [2.45, 2.75) is 6.18 Å². The molecule has 142 valence electrons. The number of carboxylic acids is 1. The molecule has 0 bridgehead atoms. The lowest BCUT2D eigenvalue weighted by atomic mass is 9.94. The molecule has 1 N–H and O–H groups in total. The van der Waals surface area contributed by atoms with E-state index in [-0.39, 0.29) is 16.7 Å². The van der Waals surface area contributed by atoms with Gasteiger partial charge in [0.2, 0.25) is 5.78 Å². The fraction of sp³-hybridized carbons (Fsp3) is 0.0435. The summed E-state index contributed by atoms with van der Waals surface area (Å²) in [6.45, 7) is 0. The first-order valence-electron chi connectivity index (χ1n) is 8.76. The van der Waals surface area contributed by atoms with Gasteiger partial charge >= 0.3 is 12.1 Å². The number of aliphatic carboxylic acids is 1. The van der Waals surface area contributed by atoms with E-state index in [4.69, 9.17) is 0 Å². The number of ketones is 1. The fourth-order valence-corrected chi connectivity index (χ4v) is 4.20. The van der Waals surface area contributed by atoms with Gasteiger partial charge < -0.3 is 5.11 Å². The lowest BCUT2D eigenvalue weighted by molar-refractivity contribution is -0.137. The maximum Gasteiger partial charge on any atom is 0.416 e. The van der Waals surface area contributed by atoms with Gasteiger partial charge in [0.05, 0.1) is 5.56 Å². The zero-order chi connectivity index (χ0) is 20.5. The Bertz CT molecular complexity index is 1300. The number of carboxylic acid groups (broad SMARTS) is 1. The van der Waals surface area contributed by atoms with Crippen molar-refractivity contribution in [3.63, 3.8) is 0 Å². The highest BCUT2D eigenvalue weighted by molar-refractivity contribution is 6.55. The third kappa shape index (κ3) is 2.32. The van der Waals surface area contributed by atoms with Crippen LogP contribution in [0.2, 0.25) is 0 Å². The van der Waals surface area contributed by atoms with E-state index in [1.54, 1.807) is 18.2 Å². The minimum absolute atomic E-state index is 0.120. The lowest BCUT2D eigenvalue weighted by Crippen LogP contribution is -2.12. The molecule has 0 saturated carbocycles. The topological polar surface area (TPSA) is 54.4 Å². The molecule has 2 aliphatic carbocycles. The molecule has 3 aromatic rings. The molecule has 0 aromatic heterocycles. The van der Waals surface area contributed by atoms with E-state index in [1.165, 1.54) is 12.1 Å². The Morgan fingerprint density at radius 1 is 0.793 bits per heavy atom. The van der Waals surface area contributed by atoms with Gasteiger partial charge in [0.1, 0.15) is 5.57 Å². The van der Waals surface area contributed by atoms with E-state index in [0.717, 1.165) is 22.9 Å². The van der Waals surface area contributed by atoms with Gasteiger partial charge in [-0.15, -0.1) is 0 Å². The van der Waals surface area contributed by atoms with Crippen LogP contribution in [0.5, 0.6) is 0 Å². The van der Waals surface area contributed by atoms with Crippen LogP contribution in [0, 0.1) is 0 Å². The van der Waals surface area contributed by atoms with Crippen LogP contribution >= 0.6 is 0 Å². The van der Waals surface area contributed by atoms with Crippen molar-refractivity contribution in [2.24, 2.45) is 0 Å². The summed E-state index contributed by atoms with van der Waals surface area (Å²) in [6, 6.07) is 15.2. The van der Waals surface area contributed by atoms with Crippen molar-refractivity contribution in [3.05, 3.63) is 88.5 Å². The van der Waals surface area contributed by atoms with Crippen LogP contribution in [0.25, 0.3) is 27.5 Å². The van der Waals surface area contributed by atoms with Gasteiger partial charge in [-0.3, -0.25) is 4.79 Å². The van der Waals surface area contributed by atoms with Gasteiger partial charge in [-0.2, -0.15) is 13.2 Å². The second-order valence-electron chi connectivity index (χ2n) is 6.92.